The number of rotatable bonds is 6. The number of aryl methyl sites for hydroxylation is 1. The maximum absolute atomic E-state index is 12.7. The van der Waals surface area contributed by atoms with Crippen LogP contribution in [0.15, 0.2) is 60.7 Å². The van der Waals surface area contributed by atoms with Crippen molar-refractivity contribution in [2.45, 2.75) is 19.3 Å². The number of hydrogen-bond donors (Lipinski definition) is 0. The van der Waals surface area contributed by atoms with E-state index in [1.54, 1.807) is 24.3 Å². The van der Waals surface area contributed by atoms with E-state index in [4.69, 9.17) is 32.7 Å². The fraction of sp³-hybridized carbons (Fsp3) is 0.208. The Bertz CT molecular complexity index is 1080. The van der Waals surface area contributed by atoms with E-state index in [9.17, 15) is 4.79 Å². The number of fused-ring (bicyclic) bond motifs is 1. The van der Waals surface area contributed by atoms with Crippen LogP contribution in [0.1, 0.15) is 27.9 Å². The first-order chi connectivity index (χ1) is 15.0. The number of carbonyl (C=O) groups excluding carboxylic acids is 1. The van der Waals surface area contributed by atoms with Crippen molar-refractivity contribution >= 4 is 74.8 Å². The van der Waals surface area contributed by atoms with Gasteiger partial charge in [-0.05, 0) is 72.9 Å². The predicted octanol–water partition coefficient (Wildman–Crippen LogP) is 6.46. The predicted molar refractivity (Wildman–Crippen MR) is 134 cm³/mol. The molecule has 32 heavy (non-hydrogen) atoms. The monoisotopic (exact) mass is 543 g/mol. The molecule has 1 aliphatic rings. The molecule has 3 aromatic carbocycles. The van der Waals surface area contributed by atoms with Crippen molar-refractivity contribution < 1.29 is 14.3 Å². The second-order valence-electron chi connectivity index (χ2n) is 7.24. The van der Waals surface area contributed by atoms with Gasteiger partial charge in [-0.15, -0.1) is 0 Å². The zero-order chi connectivity index (χ0) is 21.8. The molecule has 0 aromatic heterocycles. The van der Waals surface area contributed by atoms with E-state index in [-0.39, 0.29) is 35.5 Å². The summed E-state index contributed by atoms with van der Waals surface area (Å²) in [5.41, 5.74) is 2.76. The van der Waals surface area contributed by atoms with Gasteiger partial charge in [-0.3, -0.25) is 8.72 Å². The molecule has 0 bridgehead atoms. The van der Waals surface area contributed by atoms with E-state index in [1.807, 2.05) is 36.4 Å². The Hall–Kier alpha value is -1.21. The average Bonchev–Trinajstić information content (AvgIpc) is 2.79. The quantitative estimate of drug-likeness (QED) is 0.264. The van der Waals surface area contributed by atoms with E-state index in [0.29, 0.717) is 46.7 Å². The minimum atomic E-state index is -0.124. The van der Waals surface area contributed by atoms with E-state index in [0.717, 1.165) is 29.7 Å². The molecule has 0 N–H and O–H groups in total. The standard InChI is InChI=1S/C24H20BrCl2NO3.Na.H/c25-28(12-11-16-3-7-19(26)8-4-16)24(29)17-5-9-20(10-6-17)31-23-15-22-18(14-21(23)27)2-1-13-30-22;;/h3-10,14-15H,1-2,11-13H2;;. The molecule has 0 saturated heterocycles. The molecule has 4 nitrogen and oxygen atoms in total. The van der Waals surface area contributed by atoms with Gasteiger partial charge in [0.2, 0.25) is 0 Å². The molecular weight excluding hydrogens is 524 g/mol. The molecular formula is C24H21BrCl2NNaO3. The second-order valence-corrected chi connectivity index (χ2v) is 8.94. The van der Waals surface area contributed by atoms with Gasteiger partial charge in [-0.2, -0.15) is 0 Å². The number of amides is 1. The van der Waals surface area contributed by atoms with E-state index >= 15 is 0 Å². The molecule has 1 heterocycles. The van der Waals surface area contributed by atoms with Gasteiger partial charge in [-0.25, -0.2) is 0 Å². The number of benzene rings is 3. The third-order valence-electron chi connectivity index (χ3n) is 5.02. The summed E-state index contributed by atoms with van der Waals surface area (Å²) in [6, 6.07) is 18.3. The van der Waals surface area contributed by atoms with Gasteiger partial charge in [-0.1, -0.05) is 35.3 Å². The Balaban J connectivity index is 0.00000289. The molecule has 162 valence electrons. The van der Waals surface area contributed by atoms with Gasteiger partial charge in [0, 0.05) is 23.2 Å². The van der Waals surface area contributed by atoms with Crippen LogP contribution in [-0.4, -0.2) is 52.5 Å². The van der Waals surface area contributed by atoms with Crippen molar-refractivity contribution in [1.82, 2.24) is 3.93 Å². The number of hydrogen-bond acceptors (Lipinski definition) is 3. The molecule has 0 atom stereocenters. The van der Waals surface area contributed by atoms with Gasteiger partial charge < -0.3 is 9.47 Å². The zero-order valence-corrected chi connectivity index (χ0v) is 19.7. The molecule has 4 rings (SSSR count). The summed E-state index contributed by atoms with van der Waals surface area (Å²) in [6.07, 6.45) is 2.66. The van der Waals surface area contributed by atoms with Crippen molar-refractivity contribution in [3.05, 3.63) is 87.4 Å². The number of carbonyl (C=O) groups is 1. The van der Waals surface area contributed by atoms with Gasteiger partial charge in [0.05, 0.1) is 27.8 Å². The molecule has 0 spiro atoms. The summed E-state index contributed by atoms with van der Waals surface area (Å²) in [5, 5.41) is 1.24. The van der Waals surface area contributed by atoms with Crippen LogP contribution in [0, 0.1) is 0 Å². The Morgan fingerprint density at radius 2 is 1.78 bits per heavy atom. The fourth-order valence-electron chi connectivity index (χ4n) is 3.34. The number of ether oxygens (including phenoxy) is 2. The first-order valence-corrected chi connectivity index (χ1v) is 11.4. The molecule has 0 radical (unpaired) electrons. The molecule has 0 aliphatic carbocycles. The second kappa shape index (κ2) is 11.8. The molecule has 3 aromatic rings. The SMILES string of the molecule is O=C(c1ccc(Oc2cc3c(cc2Cl)CCCO3)cc1)N(Br)CCc1ccc(Cl)cc1.[NaH]. The van der Waals surface area contributed by atoms with Crippen LogP contribution < -0.4 is 9.47 Å². The summed E-state index contributed by atoms with van der Waals surface area (Å²) < 4.78 is 13.1. The van der Waals surface area contributed by atoms with E-state index in [2.05, 4.69) is 16.1 Å². The van der Waals surface area contributed by atoms with Crippen LogP contribution >= 0.6 is 39.3 Å². The number of nitrogens with zero attached hydrogens (tertiary/aromatic N) is 1. The summed E-state index contributed by atoms with van der Waals surface area (Å²) in [7, 11) is 0. The van der Waals surface area contributed by atoms with Crippen molar-refractivity contribution in [3.8, 4) is 17.2 Å². The van der Waals surface area contributed by atoms with Gasteiger partial charge in [0.25, 0.3) is 5.91 Å². The number of halogens is 3. The average molecular weight is 545 g/mol. The van der Waals surface area contributed by atoms with Gasteiger partial charge >= 0.3 is 29.6 Å². The van der Waals surface area contributed by atoms with Crippen LogP contribution in [-0.2, 0) is 12.8 Å². The Morgan fingerprint density at radius 3 is 2.50 bits per heavy atom. The molecule has 0 unspecified atom stereocenters. The van der Waals surface area contributed by atoms with Crippen LogP contribution in [0.3, 0.4) is 0 Å². The Kier molecular flexibility index (Phi) is 9.35. The first-order valence-electron chi connectivity index (χ1n) is 9.95. The maximum atomic E-state index is 12.7. The minimum absolute atomic E-state index is 0. The summed E-state index contributed by atoms with van der Waals surface area (Å²) in [5.74, 6) is 1.82. The topological polar surface area (TPSA) is 38.8 Å². The molecule has 8 heteroatoms. The first kappa shape index (κ1) is 25.4. The molecule has 0 saturated carbocycles. The fourth-order valence-corrected chi connectivity index (χ4v) is 4.07. The molecule has 1 aliphatic heterocycles. The van der Waals surface area contributed by atoms with E-state index < -0.39 is 0 Å². The van der Waals surface area contributed by atoms with Crippen LogP contribution in [0.2, 0.25) is 10.0 Å². The summed E-state index contributed by atoms with van der Waals surface area (Å²) in [4.78, 5) is 12.7. The Morgan fingerprint density at radius 1 is 1.06 bits per heavy atom. The summed E-state index contributed by atoms with van der Waals surface area (Å²) in [6.45, 7) is 1.23. The molecule has 0 fully saturated rings. The zero-order valence-electron chi connectivity index (χ0n) is 16.6. The summed E-state index contributed by atoms with van der Waals surface area (Å²) >= 11 is 15.6. The van der Waals surface area contributed by atoms with Crippen molar-refractivity contribution in [3.63, 3.8) is 0 Å². The third-order valence-corrected chi connectivity index (χ3v) is 6.25. The third kappa shape index (κ3) is 6.43. The van der Waals surface area contributed by atoms with Crippen molar-refractivity contribution in [2.24, 2.45) is 0 Å². The Labute approximate surface area is 228 Å². The van der Waals surface area contributed by atoms with Crippen molar-refractivity contribution in [2.75, 3.05) is 13.2 Å². The van der Waals surface area contributed by atoms with Gasteiger partial charge in [0.1, 0.15) is 17.2 Å². The normalized spacial score (nSPS) is 12.2. The van der Waals surface area contributed by atoms with Crippen LogP contribution in [0.25, 0.3) is 0 Å². The van der Waals surface area contributed by atoms with Crippen molar-refractivity contribution in [1.29, 1.82) is 0 Å². The van der Waals surface area contributed by atoms with Gasteiger partial charge in [0.15, 0.2) is 0 Å². The van der Waals surface area contributed by atoms with Crippen LogP contribution in [0.4, 0.5) is 0 Å². The van der Waals surface area contributed by atoms with Crippen LogP contribution in [0.5, 0.6) is 17.2 Å². The van der Waals surface area contributed by atoms with E-state index in [1.165, 1.54) is 3.93 Å². The molecule has 1 amide bonds.